The van der Waals surface area contributed by atoms with E-state index in [1.54, 1.807) is 0 Å². The molecule has 0 radical (unpaired) electrons. The molecular formula is C10H18N2O2. The van der Waals surface area contributed by atoms with Gasteiger partial charge in [0.2, 0.25) is 0 Å². The maximum Gasteiger partial charge on any atom is 0.306 e. The molecule has 2 atom stereocenters. The van der Waals surface area contributed by atoms with Gasteiger partial charge in [-0.3, -0.25) is 15.6 Å². The third-order valence-corrected chi connectivity index (χ3v) is 3.50. The van der Waals surface area contributed by atoms with Crippen molar-refractivity contribution >= 4 is 5.97 Å². The maximum atomic E-state index is 10.9. The topological polar surface area (TPSA) is 61.4 Å². The Morgan fingerprint density at radius 3 is 2.79 bits per heavy atom. The lowest BCUT2D eigenvalue weighted by Crippen LogP contribution is -2.58. The molecule has 0 aromatic rings. The molecule has 2 fully saturated rings. The normalized spacial score (nSPS) is 38.4. The second kappa shape index (κ2) is 3.87. The molecule has 3 N–H and O–H groups in total. The van der Waals surface area contributed by atoms with Gasteiger partial charge in [-0.05, 0) is 32.1 Å². The summed E-state index contributed by atoms with van der Waals surface area (Å²) >= 11 is 0. The van der Waals surface area contributed by atoms with Crippen LogP contribution in [0.2, 0.25) is 0 Å². The molecule has 2 aliphatic rings. The number of hydrogen-bond donors (Lipinski definition) is 3. The van der Waals surface area contributed by atoms with E-state index >= 15 is 0 Å². The SMILES string of the molecule is O=C(O)C1CCCC2(CCCNN2)C1. The van der Waals surface area contributed by atoms with Crippen molar-refractivity contribution in [2.24, 2.45) is 5.92 Å². The van der Waals surface area contributed by atoms with E-state index in [0.29, 0.717) is 0 Å². The third kappa shape index (κ3) is 1.91. The fourth-order valence-electron chi connectivity index (χ4n) is 2.74. The van der Waals surface area contributed by atoms with Gasteiger partial charge in [-0.2, -0.15) is 0 Å². The van der Waals surface area contributed by atoms with Crippen LogP contribution in [0.3, 0.4) is 0 Å². The van der Waals surface area contributed by atoms with Gasteiger partial charge < -0.3 is 5.11 Å². The van der Waals surface area contributed by atoms with E-state index in [1.807, 2.05) is 0 Å². The Morgan fingerprint density at radius 2 is 2.14 bits per heavy atom. The molecule has 1 aliphatic carbocycles. The summed E-state index contributed by atoms with van der Waals surface area (Å²) in [7, 11) is 0. The van der Waals surface area contributed by atoms with Crippen LogP contribution in [0.15, 0.2) is 0 Å². The van der Waals surface area contributed by atoms with Crippen LogP contribution in [0, 0.1) is 5.92 Å². The number of aliphatic carboxylic acids is 1. The van der Waals surface area contributed by atoms with Gasteiger partial charge in [0.1, 0.15) is 0 Å². The summed E-state index contributed by atoms with van der Waals surface area (Å²) in [5.74, 6) is -0.771. The van der Waals surface area contributed by atoms with Gasteiger partial charge in [0.15, 0.2) is 0 Å². The van der Waals surface area contributed by atoms with E-state index in [2.05, 4.69) is 10.9 Å². The summed E-state index contributed by atoms with van der Waals surface area (Å²) in [6.07, 6.45) is 6.05. The number of carbonyl (C=O) groups is 1. The second-order valence-electron chi connectivity index (χ2n) is 4.57. The predicted octanol–water partition coefficient (Wildman–Crippen LogP) is 0.888. The van der Waals surface area contributed by atoms with Crippen LogP contribution in [0.1, 0.15) is 38.5 Å². The fraction of sp³-hybridized carbons (Fsp3) is 0.900. The highest BCUT2D eigenvalue weighted by atomic mass is 16.4. The summed E-state index contributed by atoms with van der Waals surface area (Å²) < 4.78 is 0. The van der Waals surface area contributed by atoms with Gasteiger partial charge >= 0.3 is 5.97 Å². The molecule has 1 saturated heterocycles. The summed E-state index contributed by atoms with van der Waals surface area (Å²) in [5, 5.41) is 9.00. The number of nitrogens with one attached hydrogen (secondary N) is 2. The Morgan fingerprint density at radius 1 is 1.36 bits per heavy atom. The molecule has 0 amide bonds. The largest absolute Gasteiger partial charge is 0.481 e. The van der Waals surface area contributed by atoms with Crippen molar-refractivity contribution < 1.29 is 9.90 Å². The van der Waals surface area contributed by atoms with Crippen molar-refractivity contribution in [1.29, 1.82) is 0 Å². The van der Waals surface area contributed by atoms with Crippen LogP contribution in [-0.4, -0.2) is 23.2 Å². The van der Waals surface area contributed by atoms with Crippen LogP contribution < -0.4 is 10.9 Å². The molecule has 1 saturated carbocycles. The Balaban J connectivity index is 2.01. The number of hydrogen-bond acceptors (Lipinski definition) is 3. The molecule has 1 aliphatic heterocycles. The smallest absolute Gasteiger partial charge is 0.306 e. The average molecular weight is 198 g/mol. The Labute approximate surface area is 84.0 Å². The Kier molecular flexibility index (Phi) is 2.74. The van der Waals surface area contributed by atoms with Crippen molar-refractivity contribution in [2.45, 2.75) is 44.1 Å². The number of hydrazine groups is 1. The molecular weight excluding hydrogens is 180 g/mol. The first-order valence-electron chi connectivity index (χ1n) is 5.45. The highest BCUT2D eigenvalue weighted by Crippen LogP contribution is 2.36. The van der Waals surface area contributed by atoms with E-state index in [0.717, 1.165) is 45.1 Å². The zero-order valence-electron chi connectivity index (χ0n) is 8.38. The van der Waals surface area contributed by atoms with Crippen LogP contribution >= 0.6 is 0 Å². The van der Waals surface area contributed by atoms with Gasteiger partial charge in [-0.15, -0.1) is 0 Å². The quantitative estimate of drug-likeness (QED) is 0.585. The van der Waals surface area contributed by atoms with Crippen molar-refractivity contribution in [3.63, 3.8) is 0 Å². The Bertz CT molecular complexity index is 219. The molecule has 14 heavy (non-hydrogen) atoms. The minimum atomic E-state index is -0.628. The van der Waals surface area contributed by atoms with Gasteiger partial charge in [-0.25, -0.2) is 0 Å². The minimum Gasteiger partial charge on any atom is -0.481 e. The second-order valence-corrected chi connectivity index (χ2v) is 4.57. The van der Waals surface area contributed by atoms with Crippen molar-refractivity contribution in [3.8, 4) is 0 Å². The number of rotatable bonds is 1. The molecule has 0 aromatic carbocycles. The van der Waals surface area contributed by atoms with E-state index in [-0.39, 0.29) is 11.5 Å². The summed E-state index contributed by atoms with van der Waals surface area (Å²) in [5.41, 5.74) is 6.54. The maximum absolute atomic E-state index is 10.9. The number of carboxylic acids is 1. The van der Waals surface area contributed by atoms with E-state index in [1.165, 1.54) is 0 Å². The first-order valence-corrected chi connectivity index (χ1v) is 5.45. The number of carboxylic acid groups (broad SMARTS) is 1. The van der Waals surface area contributed by atoms with Crippen LogP contribution in [0.25, 0.3) is 0 Å². The van der Waals surface area contributed by atoms with E-state index < -0.39 is 5.97 Å². The van der Waals surface area contributed by atoms with E-state index in [4.69, 9.17) is 5.11 Å². The molecule has 1 spiro atoms. The first kappa shape index (κ1) is 9.93. The standard InChI is InChI=1S/C10H18N2O2/c13-9(14)8-3-1-4-10(7-8)5-2-6-11-12-10/h8,11-12H,1-7H2,(H,13,14). The van der Waals surface area contributed by atoms with Gasteiger partial charge in [0.05, 0.1) is 5.92 Å². The molecule has 4 heteroatoms. The van der Waals surface area contributed by atoms with Gasteiger partial charge in [0.25, 0.3) is 0 Å². The zero-order chi connectivity index (χ0) is 10.0. The Hall–Kier alpha value is -0.610. The highest BCUT2D eigenvalue weighted by molar-refractivity contribution is 5.70. The average Bonchev–Trinajstić information content (AvgIpc) is 2.19. The van der Waals surface area contributed by atoms with Crippen molar-refractivity contribution in [3.05, 3.63) is 0 Å². The third-order valence-electron chi connectivity index (χ3n) is 3.50. The summed E-state index contributed by atoms with van der Waals surface area (Å²) in [6.45, 7) is 0.999. The molecule has 0 aromatic heterocycles. The van der Waals surface area contributed by atoms with Crippen LogP contribution in [0.5, 0.6) is 0 Å². The predicted molar refractivity (Wildman–Crippen MR) is 52.7 cm³/mol. The van der Waals surface area contributed by atoms with Crippen molar-refractivity contribution in [1.82, 2.24) is 10.9 Å². The monoisotopic (exact) mass is 198 g/mol. The lowest BCUT2D eigenvalue weighted by atomic mass is 9.73. The highest BCUT2D eigenvalue weighted by Gasteiger charge is 2.39. The molecule has 2 rings (SSSR count). The fourth-order valence-corrected chi connectivity index (χ4v) is 2.74. The lowest BCUT2D eigenvalue weighted by Gasteiger charge is -2.43. The van der Waals surface area contributed by atoms with E-state index in [9.17, 15) is 4.79 Å². The molecule has 0 bridgehead atoms. The molecule has 80 valence electrons. The molecule has 2 unspecified atom stereocenters. The zero-order valence-corrected chi connectivity index (χ0v) is 8.38. The first-order chi connectivity index (χ1) is 6.72. The van der Waals surface area contributed by atoms with Gasteiger partial charge in [-0.1, -0.05) is 6.42 Å². The lowest BCUT2D eigenvalue weighted by molar-refractivity contribution is -0.144. The van der Waals surface area contributed by atoms with Crippen LogP contribution in [-0.2, 0) is 4.79 Å². The van der Waals surface area contributed by atoms with Crippen LogP contribution in [0.4, 0.5) is 0 Å². The van der Waals surface area contributed by atoms with Gasteiger partial charge in [0, 0.05) is 12.1 Å². The summed E-state index contributed by atoms with van der Waals surface area (Å²) in [6, 6.07) is 0. The molecule has 4 nitrogen and oxygen atoms in total. The minimum absolute atomic E-state index is 0.0690. The summed E-state index contributed by atoms with van der Waals surface area (Å²) in [4.78, 5) is 10.9. The molecule has 1 heterocycles. The van der Waals surface area contributed by atoms with Crippen molar-refractivity contribution in [2.75, 3.05) is 6.54 Å².